The third-order valence-electron chi connectivity index (χ3n) is 11.3. The van der Waals surface area contributed by atoms with Crippen molar-refractivity contribution in [2.45, 2.75) is 127 Å². The Bertz CT molecular complexity index is 1630. The van der Waals surface area contributed by atoms with E-state index in [-0.39, 0.29) is 44.3 Å². The second-order valence-corrected chi connectivity index (χ2v) is 15.4. The molecular formula is C39H56F2IN7O8. The second-order valence-electron chi connectivity index (χ2n) is 15.4. The number of ether oxygens (including phenoxy) is 1. The van der Waals surface area contributed by atoms with Crippen LogP contribution in [-0.2, 0) is 44.7 Å². The highest BCUT2D eigenvalue weighted by Crippen LogP contribution is 2.27. The zero-order valence-electron chi connectivity index (χ0n) is 33.1. The van der Waals surface area contributed by atoms with Gasteiger partial charge in [-0.2, -0.15) is 0 Å². The number of benzene rings is 1. The number of carbonyl (C=O) groups excluding carboxylic acids is 7. The lowest BCUT2D eigenvalue weighted by atomic mass is 9.86. The number of carbonyl (C=O) groups is 7. The van der Waals surface area contributed by atoms with E-state index in [9.17, 15) is 42.3 Å². The molecule has 316 valence electrons. The van der Waals surface area contributed by atoms with Crippen LogP contribution in [0.1, 0.15) is 83.6 Å². The Morgan fingerprint density at radius 2 is 1.60 bits per heavy atom. The van der Waals surface area contributed by atoms with E-state index in [2.05, 4.69) is 38.5 Å². The number of hydrogen-bond donors (Lipinski definition) is 4. The van der Waals surface area contributed by atoms with Crippen LogP contribution in [0.3, 0.4) is 0 Å². The van der Waals surface area contributed by atoms with Crippen LogP contribution < -0.4 is 21.7 Å². The Morgan fingerprint density at radius 1 is 0.930 bits per heavy atom. The molecule has 6 amide bonds. The molecule has 1 saturated carbocycles. The lowest BCUT2D eigenvalue weighted by Gasteiger charge is -2.34. The van der Waals surface area contributed by atoms with Gasteiger partial charge < -0.3 is 41.1 Å². The number of nitrogens with two attached hydrogens (primary N) is 1. The van der Waals surface area contributed by atoms with E-state index in [1.54, 1.807) is 0 Å². The van der Waals surface area contributed by atoms with Gasteiger partial charge in [0, 0.05) is 45.1 Å². The van der Waals surface area contributed by atoms with E-state index < -0.39 is 102 Å². The molecule has 18 heteroatoms. The van der Waals surface area contributed by atoms with Crippen molar-refractivity contribution in [2.24, 2.45) is 11.7 Å². The van der Waals surface area contributed by atoms with E-state index >= 15 is 0 Å². The molecule has 1 aliphatic carbocycles. The Balaban J connectivity index is 0.00000354. The first-order valence-corrected chi connectivity index (χ1v) is 21.8. The average molecular weight is 916 g/mol. The van der Waals surface area contributed by atoms with Crippen LogP contribution in [0.25, 0.3) is 0 Å². The van der Waals surface area contributed by atoms with Crippen LogP contribution in [-0.4, -0.2) is 130 Å². The van der Waals surface area contributed by atoms with Gasteiger partial charge in [0.2, 0.25) is 35.4 Å². The van der Waals surface area contributed by atoms with E-state index in [0.29, 0.717) is 24.8 Å². The van der Waals surface area contributed by atoms with Gasteiger partial charge in [-0.1, -0.05) is 54.7 Å². The number of esters is 1. The lowest BCUT2D eigenvalue weighted by molar-refractivity contribution is -0.158. The fraction of sp³-hybridized carbons (Fsp3) is 0.667. The largest absolute Gasteiger partial charge is 0.461 e. The number of amides is 6. The maximum atomic E-state index is 14.3. The van der Waals surface area contributed by atoms with Gasteiger partial charge in [0.25, 0.3) is 0 Å². The third-order valence-corrected chi connectivity index (χ3v) is 11.3. The van der Waals surface area contributed by atoms with Gasteiger partial charge in [-0.05, 0) is 68.1 Å². The van der Waals surface area contributed by atoms with Crippen LogP contribution in [0.5, 0.6) is 0 Å². The molecule has 5 rings (SSSR count). The van der Waals surface area contributed by atoms with Crippen molar-refractivity contribution in [3.63, 3.8) is 0 Å². The van der Waals surface area contributed by atoms with Gasteiger partial charge >= 0.3 is 5.97 Å². The first kappa shape index (κ1) is 45.8. The van der Waals surface area contributed by atoms with Gasteiger partial charge in [-0.15, -0.1) is 0 Å². The van der Waals surface area contributed by atoms with Gasteiger partial charge in [-0.3, -0.25) is 28.8 Å². The summed E-state index contributed by atoms with van der Waals surface area (Å²) in [5.41, 5.74) is 6.21. The number of cyclic esters (lactones) is 1. The first-order valence-electron chi connectivity index (χ1n) is 19.7. The molecule has 0 radical (unpaired) electrons. The minimum Gasteiger partial charge on any atom is -0.461 e. The highest BCUT2D eigenvalue weighted by Gasteiger charge is 2.44. The van der Waals surface area contributed by atoms with E-state index in [1.165, 1.54) is 35.6 Å². The highest BCUT2D eigenvalue weighted by molar-refractivity contribution is 14.1. The molecule has 4 aliphatic rings. The molecule has 3 aliphatic heterocycles. The Morgan fingerprint density at radius 3 is 2.26 bits per heavy atom. The van der Waals surface area contributed by atoms with Crippen molar-refractivity contribution in [2.75, 3.05) is 31.7 Å². The number of hydrogen-bond acceptors (Lipinski definition) is 9. The SMILES string of the molecule is CI.C[C@@H]1NC(=O)[C@H](C)N(C)C(=O)[C@@H]2CCCN2C(=O)[C@@H](NC(=O)[C@H](Cc2cc(F)cc(F)c2)NC(=O)CCC2CCCCC2)COC(=O)[C@@H]2C[C@H](N)CN2C1=O. The zero-order chi connectivity index (χ0) is 42.0. The predicted octanol–water partition coefficient (Wildman–Crippen LogP) is 1.72. The predicted molar refractivity (Wildman–Crippen MR) is 213 cm³/mol. The van der Waals surface area contributed by atoms with Crippen molar-refractivity contribution < 1.29 is 47.1 Å². The standard InChI is InChI=1S/C38H53F2N7O8.CH3I/c1-21-35(51)47-19-27(41)18-31(47)38(54)55-20-29(36(52)46-13-7-10-30(46)37(53)45(3)22(2)33(49)42-21)44-34(50)28(16-24-14-25(39)17-26(40)15-24)43-32(48)12-11-23-8-5-4-6-9-23;1-2/h14-15,17,21-23,27-31H,4-13,16,18-20,41H2,1-3H3,(H,42,49)(H,43,48)(H,44,50);1H3/t21-,22-,27-,28-,29-,30-,31-;/m0./s1. The summed E-state index contributed by atoms with van der Waals surface area (Å²) in [6.45, 7) is 2.34. The second kappa shape index (κ2) is 21.2. The van der Waals surface area contributed by atoms with Crippen LogP contribution in [0, 0.1) is 17.6 Å². The molecule has 7 atom stereocenters. The summed E-state index contributed by atoms with van der Waals surface area (Å²) in [5.74, 6) is -6.19. The fourth-order valence-corrected chi connectivity index (χ4v) is 8.03. The van der Waals surface area contributed by atoms with Crippen LogP contribution >= 0.6 is 22.6 Å². The third kappa shape index (κ3) is 12.0. The molecule has 0 aromatic heterocycles. The summed E-state index contributed by atoms with van der Waals surface area (Å²) in [6.07, 6.45) is 6.41. The molecule has 0 bridgehead atoms. The lowest BCUT2D eigenvalue weighted by Crippen LogP contribution is -2.60. The Kier molecular flexibility index (Phi) is 17.0. The summed E-state index contributed by atoms with van der Waals surface area (Å²) in [7, 11) is 1.41. The summed E-state index contributed by atoms with van der Waals surface area (Å²) < 4.78 is 34.1. The number of likely N-dealkylation sites (N-methyl/N-ethyl adjacent to an activating group) is 1. The molecule has 4 fully saturated rings. The number of nitrogens with zero attached hydrogens (tertiary/aromatic N) is 3. The Hall–Kier alpha value is -3.94. The maximum absolute atomic E-state index is 14.3. The first-order chi connectivity index (χ1) is 27.1. The quantitative estimate of drug-likeness (QED) is 0.170. The van der Waals surface area contributed by atoms with E-state index in [4.69, 9.17) is 10.5 Å². The molecular weight excluding hydrogens is 859 g/mol. The number of nitrogens with one attached hydrogen (secondary N) is 3. The van der Waals surface area contributed by atoms with E-state index in [0.717, 1.165) is 44.2 Å². The van der Waals surface area contributed by atoms with Gasteiger partial charge in [0.1, 0.15) is 54.5 Å². The van der Waals surface area contributed by atoms with Crippen molar-refractivity contribution in [1.82, 2.24) is 30.7 Å². The van der Waals surface area contributed by atoms with Crippen LogP contribution in [0.4, 0.5) is 8.78 Å². The molecule has 15 nitrogen and oxygen atoms in total. The summed E-state index contributed by atoms with van der Waals surface area (Å²) in [5, 5.41) is 7.87. The van der Waals surface area contributed by atoms with Gasteiger partial charge in [0.05, 0.1) is 0 Å². The molecule has 0 spiro atoms. The van der Waals surface area contributed by atoms with Gasteiger partial charge in [0.15, 0.2) is 0 Å². The number of fused-ring (bicyclic) bond motifs is 2. The van der Waals surface area contributed by atoms with Crippen molar-refractivity contribution in [1.29, 1.82) is 0 Å². The fourth-order valence-electron chi connectivity index (χ4n) is 8.03. The maximum Gasteiger partial charge on any atom is 0.329 e. The molecule has 3 heterocycles. The topological polar surface area (TPSA) is 201 Å². The summed E-state index contributed by atoms with van der Waals surface area (Å²) >= 11 is 2.15. The molecule has 1 aromatic rings. The molecule has 0 unspecified atom stereocenters. The minimum absolute atomic E-state index is 0.00982. The molecule has 3 saturated heterocycles. The van der Waals surface area contributed by atoms with E-state index in [1.807, 2.05) is 4.93 Å². The number of alkyl halides is 1. The van der Waals surface area contributed by atoms with Crippen molar-refractivity contribution >= 4 is 64.0 Å². The smallest absolute Gasteiger partial charge is 0.329 e. The highest BCUT2D eigenvalue weighted by atomic mass is 127. The van der Waals surface area contributed by atoms with Crippen molar-refractivity contribution in [3.05, 3.63) is 35.4 Å². The molecule has 5 N–H and O–H groups in total. The monoisotopic (exact) mass is 915 g/mol. The van der Waals surface area contributed by atoms with Crippen LogP contribution in [0.15, 0.2) is 18.2 Å². The normalized spacial score (nSPS) is 27.1. The summed E-state index contributed by atoms with van der Waals surface area (Å²) in [6, 6.07) is -5.11. The van der Waals surface area contributed by atoms with Crippen LogP contribution in [0.2, 0.25) is 0 Å². The average Bonchev–Trinajstić information content (AvgIpc) is 3.84. The summed E-state index contributed by atoms with van der Waals surface area (Å²) in [4.78, 5) is 101. The van der Waals surface area contributed by atoms with Crippen molar-refractivity contribution in [3.8, 4) is 0 Å². The number of halogens is 3. The molecule has 57 heavy (non-hydrogen) atoms. The number of rotatable bonds is 8. The zero-order valence-corrected chi connectivity index (χ0v) is 35.2. The minimum atomic E-state index is -1.58. The molecule has 1 aromatic carbocycles. The Labute approximate surface area is 346 Å². The van der Waals surface area contributed by atoms with Gasteiger partial charge in [-0.25, -0.2) is 13.6 Å².